The molecule has 1 atom stereocenters. The first-order valence-corrected chi connectivity index (χ1v) is 8.92. The van der Waals surface area contributed by atoms with Gasteiger partial charge in [-0.1, -0.05) is 32.5 Å². The molecule has 0 aromatic carbocycles. The Hall–Kier alpha value is -2.42. The van der Waals surface area contributed by atoms with E-state index in [0.29, 0.717) is 5.16 Å². The number of rotatable bonds is 7. The van der Waals surface area contributed by atoms with E-state index >= 15 is 0 Å². The normalized spacial score (nSPS) is 12.2. The molecule has 3 N–H and O–H groups in total. The van der Waals surface area contributed by atoms with Gasteiger partial charge in [0.05, 0.1) is 5.25 Å². The molecular formula is C16H22N6O2S. The zero-order valence-electron chi connectivity index (χ0n) is 14.5. The van der Waals surface area contributed by atoms with Crippen molar-refractivity contribution in [1.29, 1.82) is 0 Å². The van der Waals surface area contributed by atoms with Gasteiger partial charge in [0, 0.05) is 24.5 Å². The third-order valence-electron chi connectivity index (χ3n) is 3.45. The molecule has 9 heteroatoms. The summed E-state index contributed by atoms with van der Waals surface area (Å²) in [5.41, 5.74) is 5.97. The molecule has 0 bridgehead atoms. The maximum absolute atomic E-state index is 12.2. The van der Waals surface area contributed by atoms with Gasteiger partial charge in [0.25, 0.3) is 0 Å². The van der Waals surface area contributed by atoms with Crippen molar-refractivity contribution < 1.29 is 9.59 Å². The molecule has 0 saturated carbocycles. The van der Waals surface area contributed by atoms with Crippen molar-refractivity contribution in [2.24, 2.45) is 11.7 Å². The second-order valence-electron chi connectivity index (χ2n) is 5.83. The van der Waals surface area contributed by atoms with Crippen molar-refractivity contribution in [2.75, 3.05) is 0 Å². The van der Waals surface area contributed by atoms with Crippen molar-refractivity contribution in [2.45, 2.75) is 44.1 Å². The SMILES string of the molecule is CCCn1c(S[C@@H](C(=O)NC(N)=O)C(C)C)nnc1-c1ccncc1. The summed E-state index contributed by atoms with van der Waals surface area (Å²) in [4.78, 5) is 27.3. The van der Waals surface area contributed by atoms with Crippen LogP contribution in [0.1, 0.15) is 27.2 Å². The molecule has 2 aromatic rings. The molecular weight excluding hydrogens is 340 g/mol. The van der Waals surface area contributed by atoms with Crippen LogP contribution in [-0.2, 0) is 11.3 Å². The number of imide groups is 1. The van der Waals surface area contributed by atoms with Gasteiger partial charge in [0.15, 0.2) is 11.0 Å². The lowest BCUT2D eigenvalue weighted by atomic mass is 10.1. The van der Waals surface area contributed by atoms with Gasteiger partial charge in [0.2, 0.25) is 5.91 Å². The maximum Gasteiger partial charge on any atom is 0.318 e. The summed E-state index contributed by atoms with van der Waals surface area (Å²) in [5.74, 6) is 0.286. The monoisotopic (exact) mass is 362 g/mol. The number of nitrogens with zero attached hydrogens (tertiary/aromatic N) is 4. The van der Waals surface area contributed by atoms with Crippen molar-refractivity contribution in [3.63, 3.8) is 0 Å². The van der Waals surface area contributed by atoms with Crippen molar-refractivity contribution in [3.05, 3.63) is 24.5 Å². The van der Waals surface area contributed by atoms with Gasteiger partial charge in [-0.3, -0.25) is 15.1 Å². The number of thioether (sulfide) groups is 1. The predicted molar refractivity (Wildman–Crippen MR) is 95.8 cm³/mol. The third kappa shape index (κ3) is 4.79. The van der Waals surface area contributed by atoms with Gasteiger partial charge >= 0.3 is 6.03 Å². The van der Waals surface area contributed by atoms with Crippen LogP contribution in [0.5, 0.6) is 0 Å². The number of carbonyl (C=O) groups is 2. The van der Waals surface area contributed by atoms with E-state index in [0.717, 1.165) is 24.4 Å². The first-order chi connectivity index (χ1) is 11.9. The van der Waals surface area contributed by atoms with E-state index in [1.165, 1.54) is 11.8 Å². The predicted octanol–water partition coefficient (Wildman–Crippen LogP) is 2.06. The molecule has 2 heterocycles. The quantitative estimate of drug-likeness (QED) is 0.728. The standard InChI is InChI=1S/C16H22N6O2S/c1-4-9-22-13(11-5-7-18-8-6-11)20-21-16(22)25-12(10(2)3)14(23)19-15(17)24/h5-8,10,12H,4,9H2,1-3H3,(H3,17,19,23,24)/t12-/m1/s1. The van der Waals surface area contributed by atoms with Crippen LogP contribution in [0.15, 0.2) is 29.7 Å². The number of amides is 3. The highest BCUT2D eigenvalue weighted by Gasteiger charge is 2.27. The Bertz CT molecular complexity index is 731. The van der Waals surface area contributed by atoms with E-state index < -0.39 is 17.2 Å². The van der Waals surface area contributed by atoms with Gasteiger partial charge in [-0.15, -0.1) is 10.2 Å². The van der Waals surface area contributed by atoms with Gasteiger partial charge in [-0.05, 0) is 24.5 Å². The Balaban J connectivity index is 2.33. The van der Waals surface area contributed by atoms with Crippen molar-refractivity contribution >= 4 is 23.7 Å². The molecule has 3 amide bonds. The van der Waals surface area contributed by atoms with Crippen LogP contribution < -0.4 is 11.1 Å². The van der Waals surface area contributed by atoms with Crippen LogP contribution in [-0.4, -0.2) is 36.9 Å². The number of aromatic nitrogens is 4. The lowest BCUT2D eigenvalue weighted by Gasteiger charge is -2.18. The van der Waals surface area contributed by atoms with Crippen LogP contribution in [0.3, 0.4) is 0 Å². The first kappa shape index (κ1) is 18.9. The minimum atomic E-state index is -0.858. The number of carbonyl (C=O) groups excluding carboxylic acids is 2. The molecule has 0 spiro atoms. The fourth-order valence-electron chi connectivity index (χ4n) is 2.31. The zero-order chi connectivity index (χ0) is 18.4. The molecule has 0 radical (unpaired) electrons. The zero-order valence-corrected chi connectivity index (χ0v) is 15.3. The first-order valence-electron chi connectivity index (χ1n) is 8.04. The number of urea groups is 1. The molecule has 0 aliphatic carbocycles. The highest BCUT2D eigenvalue weighted by molar-refractivity contribution is 8.00. The number of nitrogens with two attached hydrogens (primary N) is 1. The lowest BCUT2D eigenvalue weighted by molar-refractivity contribution is -0.120. The van der Waals surface area contributed by atoms with Gasteiger partial charge in [-0.25, -0.2) is 4.79 Å². The topological polar surface area (TPSA) is 116 Å². The minimum absolute atomic E-state index is 0.0134. The highest BCUT2D eigenvalue weighted by atomic mass is 32.2. The molecule has 0 saturated heterocycles. The van der Waals surface area contributed by atoms with Crippen LogP contribution in [0, 0.1) is 5.92 Å². The van der Waals surface area contributed by atoms with Gasteiger partial charge in [0.1, 0.15) is 0 Å². The molecule has 0 unspecified atom stereocenters. The minimum Gasteiger partial charge on any atom is -0.351 e. The molecule has 25 heavy (non-hydrogen) atoms. The number of hydrogen-bond donors (Lipinski definition) is 2. The van der Waals surface area contributed by atoms with E-state index in [2.05, 4.69) is 27.4 Å². The average molecular weight is 362 g/mol. The van der Waals surface area contributed by atoms with Crippen LogP contribution >= 0.6 is 11.8 Å². The molecule has 0 fully saturated rings. The molecule has 0 aliphatic rings. The maximum atomic E-state index is 12.2. The van der Waals surface area contributed by atoms with E-state index in [-0.39, 0.29) is 5.92 Å². The number of primary amides is 1. The van der Waals surface area contributed by atoms with Crippen molar-refractivity contribution in [1.82, 2.24) is 25.1 Å². The van der Waals surface area contributed by atoms with E-state index in [9.17, 15) is 9.59 Å². The Labute approximate surface area is 150 Å². The Kier molecular flexibility index (Phi) is 6.51. The Morgan fingerprint density at radius 1 is 1.28 bits per heavy atom. The summed E-state index contributed by atoms with van der Waals surface area (Å²) in [6, 6.07) is 2.87. The van der Waals surface area contributed by atoms with E-state index in [4.69, 9.17) is 5.73 Å². The van der Waals surface area contributed by atoms with E-state index in [1.807, 2.05) is 30.5 Å². The highest BCUT2D eigenvalue weighted by Crippen LogP contribution is 2.30. The number of nitrogens with one attached hydrogen (secondary N) is 1. The van der Waals surface area contributed by atoms with E-state index in [1.54, 1.807) is 12.4 Å². The Morgan fingerprint density at radius 3 is 2.52 bits per heavy atom. The van der Waals surface area contributed by atoms with Gasteiger partial charge in [-0.2, -0.15) is 0 Å². The summed E-state index contributed by atoms with van der Waals surface area (Å²) in [7, 11) is 0. The van der Waals surface area contributed by atoms with Gasteiger partial charge < -0.3 is 10.3 Å². The van der Waals surface area contributed by atoms with Crippen molar-refractivity contribution in [3.8, 4) is 11.4 Å². The molecule has 2 aromatic heterocycles. The number of hydrogen-bond acceptors (Lipinski definition) is 6. The van der Waals surface area contributed by atoms with Crippen LogP contribution in [0.25, 0.3) is 11.4 Å². The summed E-state index contributed by atoms with van der Waals surface area (Å²) >= 11 is 1.28. The summed E-state index contributed by atoms with van der Waals surface area (Å²) in [6.07, 6.45) is 4.29. The fraction of sp³-hybridized carbons (Fsp3) is 0.438. The largest absolute Gasteiger partial charge is 0.351 e. The second kappa shape index (κ2) is 8.61. The average Bonchev–Trinajstić information content (AvgIpc) is 2.95. The number of pyridine rings is 1. The lowest BCUT2D eigenvalue weighted by Crippen LogP contribution is -2.42. The third-order valence-corrected chi connectivity index (χ3v) is 4.97. The summed E-state index contributed by atoms with van der Waals surface area (Å²) < 4.78 is 1.98. The summed E-state index contributed by atoms with van der Waals surface area (Å²) in [6.45, 7) is 6.59. The molecule has 8 nitrogen and oxygen atoms in total. The summed E-state index contributed by atoms with van der Waals surface area (Å²) in [5, 5.41) is 10.8. The van der Waals surface area contributed by atoms with Crippen LogP contribution in [0.4, 0.5) is 4.79 Å². The second-order valence-corrected chi connectivity index (χ2v) is 6.94. The smallest absolute Gasteiger partial charge is 0.318 e. The fourth-order valence-corrected chi connectivity index (χ4v) is 3.37. The van der Waals surface area contributed by atoms with Crippen LogP contribution in [0.2, 0.25) is 0 Å². The molecule has 2 rings (SSSR count). The Morgan fingerprint density at radius 2 is 1.96 bits per heavy atom. The molecule has 134 valence electrons. The molecule has 0 aliphatic heterocycles.